The third kappa shape index (κ3) is 6.48. The van der Waals surface area contributed by atoms with E-state index in [2.05, 4.69) is 15.4 Å². The highest BCUT2D eigenvalue weighted by Crippen LogP contribution is 2.20. The van der Waals surface area contributed by atoms with Crippen molar-refractivity contribution in [2.45, 2.75) is 50.1 Å². The van der Waals surface area contributed by atoms with Crippen LogP contribution in [0.15, 0.2) is 77.7 Å². The average Bonchev–Trinajstić information content (AvgIpc) is 3.65. The molecule has 1 saturated carbocycles. The van der Waals surface area contributed by atoms with E-state index in [1.54, 1.807) is 12.1 Å². The van der Waals surface area contributed by atoms with Crippen LogP contribution in [0, 0.1) is 13.8 Å². The summed E-state index contributed by atoms with van der Waals surface area (Å²) in [6.45, 7) is 3.87. The molecule has 1 fully saturated rings. The van der Waals surface area contributed by atoms with Crippen LogP contribution in [0.25, 0.3) is 0 Å². The molecule has 0 aliphatic heterocycles. The van der Waals surface area contributed by atoms with Gasteiger partial charge in [-0.1, -0.05) is 36.4 Å². The molecule has 8 heteroatoms. The first-order valence-electron chi connectivity index (χ1n) is 11.6. The van der Waals surface area contributed by atoms with E-state index in [-0.39, 0.29) is 22.4 Å². The second kappa shape index (κ2) is 10.3. The van der Waals surface area contributed by atoms with Gasteiger partial charge in [-0.15, -0.1) is 0 Å². The fraction of sp³-hybridized carbons (Fsp3) is 0.259. The predicted octanol–water partition coefficient (Wildman–Crippen LogP) is 3.72. The van der Waals surface area contributed by atoms with Gasteiger partial charge < -0.3 is 10.6 Å². The number of nitrogens with one attached hydrogen (secondary N) is 3. The lowest BCUT2D eigenvalue weighted by molar-refractivity contribution is -0.123. The minimum absolute atomic E-state index is 0.0413. The van der Waals surface area contributed by atoms with E-state index in [1.807, 2.05) is 50.2 Å². The molecule has 1 atom stereocenters. The number of hydrogen-bond acceptors (Lipinski definition) is 4. The Morgan fingerprint density at radius 2 is 1.60 bits per heavy atom. The summed E-state index contributed by atoms with van der Waals surface area (Å²) < 4.78 is 28.2. The van der Waals surface area contributed by atoms with Crippen LogP contribution in [0.2, 0.25) is 0 Å². The van der Waals surface area contributed by atoms with E-state index in [4.69, 9.17) is 0 Å². The Balaban J connectivity index is 1.46. The third-order valence-electron chi connectivity index (χ3n) is 6.01. The number of carbonyl (C=O) groups excluding carboxylic acids is 2. The molecular formula is C27H29N3O4S. The molecule has 3 N–H and O–H groups in total. The summed E-state index contributed by atoms with van der Waals surface area (Å²) in [5.74, 6) is -0.663. The number of hydrogen-bond donors (Lipinski definition) is 3. The molecule has 0 saturated heterocycles. The largest absolute Gasteiger partial charge is 0.352 e. The molecule has 3 aromatic carbocycles. The van der Waals surface area contributed by atoms with Crippen LogP contribution in [0.1, 0.15) is 39.9 Å². The Hall–Kier alpha value is -3.65. The van der Waals surface area contributed by atoms with Crippen LogP contribution < -0.4 is 15.4 Å². The van der Waals surface area contributed by atoms with Gasteiger partial charge in [-0.05, 0) is 79.8 Å². The zero-order chi connectivity index (χ0) is 25.0. The molecule has 0 spiro atoms. The van der Waals surface area contributed by atoms with E-state index in [1.165, 1.54) is 24.3 Å². The summed E-state index contributed by atoms with van der Waals surface area (Å²) in [5, 5.41) is 5.76. The first kappa shape index (κ1) is 24.5. The lowest BCUT2D eigenvalue weighted by atomic mass is 10.0. The van der Waals surface area contributed by atoms with Gasteiger partial charge in [0.25, 0.3) is 15.9 Å². The Morgan fingerprint density at radius 3 is 2.23 bits per heavy atom. The number of amides is 2. The maximum Gasteiger partial charge on any atom is 0.261 e. The maximum absolute atomic E-state index is 12.9. The second-order valence-electron chi connectivity index (χ2n) is 8.93. The van der Waals surface area contributed by atoms with Crippen molar-refractivity contribution in [1.29, 1.82) is 0 Å². The van der Waals surface area contributed by atoms with Crippen LogP contribution in [0.5, 0.6) is 0 Å². The Kier molecular flexibility index (Phi) is 7.21. The summed E-state index contributed by atoms with van der Waals surface area (Å²) in [6, 6.07) is 19.9. The topological polar surface area (TPSA) is 104 Å². The Morgan fingerprint density at radius 1 is 0.914 bits per heavy atom. The van der Waals surface area contributed by atoms with E-state index in [0.717, 1.165) is 29.5 Å². The maximum atomic E-state index is 12.9. The molecule has 35 heavy (non-hydrogen) atoms. The molecule has 2 amide bonds. The molecule has 182 valence electrons. The van der Waals surface area contributed by atoms with E-state index in [0.29, 0.717) is 12.1 Å². The molecule has 4 rings (SSSR count). The summed E-state index contributed by atoms with van der Waals surface area (Å²) in [6.07, 6.45) is 2.26. The van der Waals surface area contributed by atoms with Crippen LogP contribution in [0.3, 0.4) is 0 Å². The smallest absolute Gasteiger partial charge is 0.261 e. The van der Waals surface area contributed by atoms with Gasteiger partial charge in [-0.25, -0.2) is 8.42 Å². The normalized spacial score (nSPS) is 14.1. The minimum atomic E-state index is -3.81. The van der Waals surface area contributed by atoms with E-state index in [9.17, 15) is 18.0 Å². The highest BCUT2D eigenvalue weighted by molar-refractivity contribution is 7.92. The highest BCUT2D eigenvalue weighted by Gasteiger charge is 2.29. The summed E-state index contributed by atoms with van der Waals surface area (Å²) >= 11 is 0. The van der Waals surface area contributed by atoms with Crippen molar-refractivity contribution >= 4 is 27.5 Å². The molecule has 0 aromatic heterocycles. The molecule has 0 heterocycles. The van der Waals surface area contributed by atoms with Crippen molar-refractivity contribution < 1.29 is 18.0 Å². The lowest BCUT2D eigenvalue weighted by Crippen LogP contribution is -2.48. The fourth-order valence-electron chi connectivity index (χ4n) is 3.63. The van der Waals surface area contributed by atoms with Gasteiger partial charge in [0.15, 0.2) is 0 Å². The highest BCUT2D eigenvalue weighted by atomic mass is 32.2. The molecule has 1 aliphatic rings. The van der Waals surface area contributed by atoms with Crippen LogP contribution in [-0.4, -0.2) is 32.3 Å². The van der Waals surface area contributed by atoms with E-state index < -0.39 is 22.0 Å². The van der Waals surface area contributed by atoms with Crippen LogP contribution in [0.4, 0.5) is 5.69 Å². The predicted molar refractivity (Wildman–Crippen MR) is 136 cm³/mol. The van der Waals surface area contributed by atoms with Crippen molar-refractivity contribution in [1.82, 2.24) is 10.6 Å². The van der Waals surface area contributed by atoms with Crippen molar-refractivity contribution in [2.24, 2.45) is 0 Å². The second-order valence-corrected chi connectivity index (χ2v) is 10.6. The van der Waals surface area contributed by atoms with Crippen LogP contribution >= 0.6 is 0 Å². The number of rotatable bonds is 9. The molecule has 1 unspecified atom stereocenters. The lowest BCUT2D eigenvalue weighted by Gasteiger charge is -2.19. The van der Waals surface area contributed by atoms with Gasteiger partial charge >= 0.3 is 0 Å². The average molecular weight is 492 g/mol. The number of aryl methyl sites for hydroxylation is 2. The monoisotopic (exact) mass is 491 g/mol. The van der Waals surface area contributed by atoms with Gasteiger partial charge in [-0.3, -0.25) is 14.3 Å². The minimum Gasteiger partial charge on any atom is -0.352 e. The standard InChI is InChI=1S/C27H29N3O4S/c1-18-8-11-23(16-19(18)2)30-35(33,34)24-14-9-21(10-15-24)26(31)29-25(27(32)28-22-12-13-22)17-20-6-4-3-5-7-20/h3-11,14-16,22,25,30H,12-13,17H2,1-2H3,(H,28,32)(H,29,31). The molecule has 7 nitrogen and oxygen atoms in total. The van der Waals surface area contributed by atoms with Crippen molar-refractivity contribution in [2.75, 3.05) is 4.72 Å². The molecule has 0 radical (unpaired) electrons. The zero-order valence-electron chi connectivity index (χ0n) is 19.7. The van der Waals surface area contributed by atoms with E-state index >= 15 is 0 Å². The Labute approximate surface area is 206 Å². The van der Waals surface area contributed by atoms with Crippen molar-refractivity contribution in [3.05, 3.63) is 95.1 Å². The number of anilines is 1. The van der Waals surface area contributed by atoms with Gasteiger partial charge in [0.05, 0.1) is 4.90 Å². The zero-order valence-corrected chi connectivity index (χ0v) is 20.6. The number of benzene rings is 3. The molecule has 1 aliphatic carbocycles. The summed E-state index contributed by atoms with van der Waals surface area (Å²) in [7, 11) is -3.81. The third-order valence-corrected chi connectivity index (χ3v) is 7.41. The summed E-state index contributed by atoms with van der Waals surface area (Å²) in [4.78, 5) is 25.7. The summed E-state index contributed by atoms with van der Waals surface area (Å²) in [5.41, 5.74) is 3.73. The van der Waals surface area contributed by atoms with Gasteiger partial charge in [0.2, 0.25) is 5.91 Å². The van der Waals surface area contributed by atoms with Gasteiger partial charge in [-0.2, -0.15) is 0 Å². The van der Waals surface area contributed by atoms with Gasteiger partial charge in [0, 0.05) is 23.7 Å². The SMILES string of the molecule is Cc1ccc(NS(=O)(=O)c2ccc(C(=O)NC(Cc3ccccc3)C(=O)NC3CC3)cc2)cc1C. The molecule has 0 bridgehead atoms. The van der Waals surface area contributed by atoms with Crippen molar-refractivity contribution in [3.63, 3.8) is 0 Å². The molecule has 3 aromatic rings. The molecular weight excluding hydrogens is 462 g/mol. The first-order chi connectivity index (χ1) is 16.7. The van der Waals surface area contributed by atoms with Gasteiger partial charge in [0.1, 0.15) is 6.04 Å². The van der Waals surface area contributed by atoms with Crippen LogP contribution in [-0.2, 0) is 21.2 Å². The first-order valence-corrected chi connectivity index (χ1v) is 13.0. The Bertz CT molecular complexity index is 1320. The fourth-order valence-corrected chi connectivity index (χ4v) is 4.68. The number of sulfonamides is 1. The van der Waals surface area contributed by atoms with Crippen molar-refractivity contribution in [3.8, 4) is 0 Å². The quantitative estimate of drug-likeness (QED) is 0.424. The number of carbonyl (C=O) groups is 2.